The molecular weight excluding hydrogens is 228 g/mol. The van der Waals surface area contributed by atoms with E-state index in [4.69, 9.17) is 5.73 Å². The van der Waals surface area contributed by atoms with Crippen LogP contribution in [-0.2, 0) is 13.6 Å². The Kier molecular flexibility index (Phi) is 3.32. The third-order valence-electron chi connectivity index (χ3n) is 2.61. The summed E-state index contributed by atoms with van der Waals surface area (Å²) in [6.07, 6.45) is 1.61. The summed E-state index contributed by atoms with van der Waals surface area (Å²) in [7, 11) is 1.73. The Labute approximate surface area is 106 Å². The van der Waals surface area contributed by atoms with Gasteiger partial charge in [0.05, 0.1) is 5.69 Å². The molecule has 0 radical (unpaired) electrons. The fraction of sp³-hybridized carbons (Fsp3) is 0.231. The van der Waals surface area contributed by atoms with Crippen LogP contribution in [0.3, 0.4) is 0 Å². The number of amides is 1. The second kappa shape index (κ2) is 4.91. The number of hydrogen-bond donors (Lipinski definition) is 2. The lowest BCUT2D eigenvalue weighted by atomic mass is 10.1. The molecule has 2 aromatic rings. The van der Waals surface area contributed by atoms with Crippen molar-refractivity contribution < 1.29 is 4.79 Å². The Morgan fingerprint density at radius 1 is 1.50 bits per heavy atom. The van der Waals surface area contributed by atoms with Crippen molar-refractivity contribution in [2.45, 2.75) is 13.5 Å². The van der Waals surface area contributed by atoms with Gasteiger partial charge in [0.15, 0.2) is 5.69 Å². The maximum absolute atomic E-state index is 11.9. The van der Waals surface area contributed by atoms with Crippen LogP contribution in [0.5, 0.6) is 0 Å². The molecule has 0 aliphatic carbocycles. The smallest absolute Gasteiger partial charge is 0.274 e. The molecule has 1 amide bonds. The molecule has 1 heterocycles. The van der Waals surface area contributed by atoms with Crippen molar-refractivity contribution in [1.82, 2.24) is 15.1 Å². The van der Waals surface area contributed by atoms with Gasteiger partial charge in [-0.25, -0.2) is 0 Å². The molecule has 5 nitrogen and oxygen atoms in total. The standard InChI is InChI=1S/C13H16N4O/c1-9-4-3-5-10(6-9)7-15-13(18)12-11(14)8-17(2)16-12/h3-6,8H,7,14H2,1-2H3,(H,15,18). The Hall–Kier alpha value is -2.30. The normalized spacial score (nSPS) is 10.3. The topological polar surface area (TPSA) is 72.9 Å². The number of rotatable bonds is 3. The fourth-order valence-electron chi connectivity index (χ4n) is 1.77. The van der Waals surface area contributed by atoms with E-state index in [0.29, 0.717) is 12.2 Å². The number of nitrogen functional groups attached to an aromatic ring is 1. The minimum atomic E-state index is -0.255. The highest BCUT2D eigenvalue weighted by Crippen LogP contribution is 2.08. The van der Waals surface area contributed by atoms with Gasteiger partial charge in [-0.1, -0.05) is 29.8 Å². The SMILES string of the molecule is Cc1cccc(CNC(=O)c2nn(C)cc2N)c1. The maximum Gasteiger partial charge on any atom is 0.274 e. The summed E-state index contributed by atoms with van der Waals surface area (Å²) >= 11 is 0. The fourth-order valence-corrected chi connectivity index (χ4v) is 1.77. The molecule has 0 aliphatic heterocycles. The van der Waals surface area contributed by atoms with E-state index < -0.39 is 0 Å². The number of nitrogens with two attached hydrogens (primary N) is 1. The Balaban J connectivity index is 2.03. The molecule has 0 spiro atoms. The molecule has 0 fully saturated rings. The number of nitrogens with one attached hydrogen (secondary N) is 1. The lowest BCUT2D eigenvalue weighted by Crippen LogP contribution is -2.24. The van der Waals surface area contributed by atoms with Crippen LogP contribution in [0.1, 0.15) is 21.6 Å². The third kappa shape index (κ3) is 2.68. The zero-order chi connectivity index (χ0) is 13.1. The average molecular weight is 244 g/mol. The van der Waals surface area contributed by atoms with Gasteiger partial charge in [-0.2, -0.15) is 5.10 Å². The Morgan fingerprint density at radius 3 is 2.89 bits per heavy atom. The summed E-state index contributed by atoms with van der Waals surface area (Å²) < 4.78 is 1.52. The van der Waals surface area contributed by atoms with Crippen molar-refractivity contribution in [3.63, 3.8) is 0 Å². The van der Waals surface area contributed by atoms with Gasteiger partial charge in [-0.3, -0.25) is 9.48 Å². The van der Waals surface area contributed by atoms with E-state index in [1.165, 1.54) is 10.2 Å². The average Bonchev–Trinajstić information content (AvgIpc) is 2.66. The van der Waals surface area contributed by atoms with Crippen molar-refractivity contribution in [1.29, 1.82) is 0 Å². The van der Waals surface area contributed by atoms with Gasteiger partial charge in [0.1, 0.15) is 0 Å². The summed E-state index contributed by atoms with van der Waals surface area (Å²) in [5.74, 6) is -0.255. The van der Waals surface area contributed by atoms with Crippen molar-refractivity contribution in [2.75, 3.05) is 5.73 Å². The van der Waals surface area contributed by atoms with E-state index in [1.54, 1.807) is 13.2 Å². The molecule has 3 N–H and O–H groups in total. The van der Waals surface area contributed by atoms with E-state index >= 15 is 0 Å². The van der Waals surface area contributed by atoms with Crippen LogP contribution in [0, 0.1) is 6.92 Å². The second-order valence-electron chi connectivity index (χ2n) is 4.28. The lowest BCUT2D eigenvalue weighted by molar-refractivity contribution is 0.0946. The molecule has 18 heavy (non-hydrogen) atoms. The van der Waals surface area contributed by atoms with Gasteiger partial charge in [0.2, 0.25) is 0 Å². The number of anilines is 1. The van der Waals surface area contributed by atoms with Crippen molar-refractivity contribution >= 4 is 11.6 Å². The summed E-state index contributed by atoms with van der Waals surface area (Å²) in [5, 5.41) is 6.82. The second-order valence-corrected chi connectivity index (χ2v) is 4.28. The van der Waals surface area contributed by atoms with Crippen LogP contribution < -0.4 is 11.1 Å². The molecule has 2 rings (SSSR count). The zero-order valence-corrected chi connectivity index (χ0v) is 10.5. The molecule has 5 heteroatoms. The van der Waals surface area contributed by atoms with Gasteiger partial charge < -0.3 is 11.1 Å². The summed E-state index contributed by atoms with van der Waals surface area (Å²) in [6.45, 7) is 2.48. The highest BCUT2D eigenvalue weighted by Gasteiger charge is 2.13. The molecule has 0 aliphatic rings. The molecule has 1 aromatic heterocycles. The molecule has 94 valence electrons. The van der Waals surface area contributed by atoms with Gasteiger partial charge in [0.25, 0.3) is 5.91 Å². The molecule has 0 atom stereocenters. The molecule has 0 bridgehead atoms. The van der Waals surface area contributed by atoms with Crippen LogP contribution >= 0.6 is 0 Å². The first kappa shape index (κ1) is 12.2. The maximum atomic E-state index is 11.9. The monoisotopic (exact) mass is 244 g/mol. The third-order valence-corrected chi connectivity index (χ3v) is 2.61. The molecule has 1 aromatic carbocycles. The van der Waals surface area contributed by atoms with E-state index in [1.807, 2.05) is 31.2 Å². The van der Waals surface area contributed by atoms with Crippen LogP contribution in [0.2, 0.25) is 0 Å². The van der Waals surface area contributed by atoms with E-state index in [9.17, 15) is 4.79 Å². The molecule has 0 saturated carbocycles. The number of nitrogens with zero attached hydrogens (tertiary/aromatic N) is 2. The quantitative estimate of drug-likeness (QED) is 0.853. The predicted molar refractivity (Wildman–Crippen MR) is 70.0 cm³/mol. The zero-order valence-electron chi connectivity index (χ0n) is 10.5. The minimum Gasteiger partial charge on any atom is -0.396 e. The molecular formula is C13H16N4O. The van der Waals surface area contributed by atoms with E-state index in [0.717, 1.165) is 5.56 Å². The van der Waals surface area contributed by atoms with E-state index in [2.05, 4.69) is 10.4 Å². The number of carbonyl (C=O) groups excluding carboxylic acids is 1. The number of aryl methyl sites for hydroxylation is 2. The lowest BCUT2D eigenvalue weighted by Gasteiger charge is -2.04. The number of aromatic nitrogens is 2. The first-order valence-corrected chi connectivity index (χ1v) is 5.69. The predicted octanol–water partition coefficient (Wildman–Crippen LogP) is 1.24. The number of hydrogen-bond acceptors (Lipinski definition) is 3. The summed E-state index contributed by atoms with van der Waals surface area (Å²) in [4.78, 5) is 11.9. The largest absolute Gasteiger partial charge is 0.396 e. The van der Waals surface area contributed by atoms with E-state index in [-0.39, 0.29) is 11.6 Å². The Bertz CT molecular complexity index is 574. The number of carbonyl (C=O) groups is 1. The van der Waals surface area contributed by atoms with Gasteiger partial charge >= 0.3 is 0 Å². The minimum absolute atomic E-state index is 0.255. The van der Waals surface area contributed by atoms with Crippen LogP contribution in [0.25, 0.3) is 0 Å². The Morgan fingerprint density at radius 2 is 2.28 bits per heavy atom. The highest BCUT2D eigenvalue weighted by molar-refractivity contribution is 5.96. The van der Waals surface area contributed by atoms with Crippen LogP contribution in [0.4, 0.5) is 5.69 Å². The van der Waals surface area contributed by atoms with Crippen molar-refractivity contribution in [2.24, 2.45) is 7.05 Å². The number of benzene rings is 1. The van der Waals surface area contributed by atoms with Crippen LogP contribution in [0.15, 0.2) is 30.5 Å². The molecule has 0 saturated heterocycles. The van der Waals surface area contributed by atoms with Crippen molar-refractivity contribution in [3.8, 4) is 0 Å². The van der Waals surface area contributed by atoms with Gasteiger partial charge in [-0.15, -0.1) is 0 Å². The summed E-state index contributed by atoms with van der Waals surface area (Å²) in [5.41, 5.74) is 8.57. The molecule has 0 unspecified atom stereocenters. The highest BCUT2D eigenvalue weighted by atomic mass is 16.1. The van der Waals surface area contributed by atoms with Gasteiger partial charge in [-0.05, 0) is 12.5 Å². The van der Waals surface area contributed by atoms with Crippen LogP contribution in [-0.4, -0.2) is 15.7 Å². The summed E-state index contributed by atoms with van der Waals surface area (Å²) in [6, 6.07) is 7.98. The first-order chi connectivity index (χ1) is 8.56. The first-order valence-electron chi connectivity index (χ1n) is 5.69. The van der Waals surface area contributed by atoms with Gasteiger partial charge in [0, 0.05) is 19.8 Å². The van der Waals surface area contributed by atoms with Crippen molar-refractivity contribution in [3.05, 3.63) is 47.3 Å².